The summed E-state index contributed by atoms with van der Waals surface area (Å²) in [4.78, 5) is 22.2. The molecule has 1 atom stereocenters. The van der Waals surface area contributed by atoms with Gasteiger partial charge < -0.3 is 4.42 Å². The fraction of sp³-hybridized carbons (Fsp3) is 0.294. The number of sulfone groups is 1. The zero-order valence-corrected chi connectivity index (χ0v) is 15.0. The third-order valence-electron chi connectivity index (χ3n) is 4.15. The van der Waals surface area contributed by atoms with Gasteiger partial charge in [0.25, 0.3) is 5.69 Å². The minimum Gasteiger partial charge on any atom is -0.455 e. The number of hydrazone groups is 1. The van der Waals surface area contributed by atoms with Crippen LogP contribution in [0.4, 0.5) is 5.69 Å². The third kappa shape index (κ3) is 5.00. The van der Waals surface area contributed by atoms with Crippen LogP contribution in [0.15, 0.2) is 45.9 Å². The molecule has 1 aromatic heterocycles. The van der Waals surface area contributed by atoms with Crippen LogP contribution in [0.3, 0.4) is 0 Å². The van der Waals surface area contributed by atoms with E-state index >= 15 is 0 Å². The molecule has 0 unspecified atom stereocenters. The van der Waals surface area contributed by atoms with E-state index in [9.17, 15) is 23.3 Å². The molecule has 10 heteroatoms. The molecule has 1 N–H and O–H groups in total. The molecule has 0 spiro atoms. The van der Waals surface area contributed by atoms with Crippen LogP contribution in [0.1, 0.15) is 18.6 Å². The van der Waals surface area contributed by atoms with Crippen molar-refractivity contribution in [3.8, 4) is 11.3 Å². The van der Waals surface area contributed by atoms with Gasteiger partial charge in [0.2, 0.25) is 5.91 Å². The number of carbonyl (C=O) groups excluding carboxylic acids is 1. The number of hydrogen-bond donors (Lipinski definition) is 1. The molecule has 0 saturated carbocycles. The van der Waals surface area contributed by atoms with E-state index in [0.717, 1.165) is 0 Å². The van der Waals surface area contributed by atoms with Crippen LogP contribution in [0.25, 0.3) is 11.3 Å². The van der Waals surface area contributed by atoms with Gasteiger partial charge in [-0.15, -0.1) is 0 Å². The smallest absolute Gasteiger partial charge is 0.270 e. The number of amides is 1. The van der Waals surface area contributed by atoms with Gasteiger partial charge in [-0.3, -0.25) is 14.9 Å². The standard InChI is InChI=1S/C17H17N3O6S/c21-17(8-12-6-7-27(24,25)11-12)19-18-10-15-4-5-16(26-15)13-2-1-3-14(9-13)20(22)23/h1-5,9-10,12H,6-8,11H2,(H,19,21)/b18-10-/t12-/m0/s1. The third-order valence-corrected chi connectivity index (χ3v) is 5.99. The molecule has 1 fully saturated rings. The highest BCUT2D eigenvalue weighted by molar-refractivity contribution is 7.91. The zero-order valence-electron chi connectivity index (χ0n) is 14.2. The number of carbonyl (C=O) groups is 1. The highest BCUT2D eigenvalue weighted by atomic mass is 32.2. The van der Waals surface area contributed by atoms with Crippen LogP contribution in [0.5, 0.6) is 0 Å². The molecule has 0 bridgehead atoms. The zero-order chi connectivity index (χ0) is 19.4. The second-order valence-electron chi connectivity index (χ2n) is 6.28. The molecule has 1 aromatic carbocycles. The van der Waals surface area contributed by atoms with Gasteiger partial charge in [-0.05, 0) is 24.5 Å². The first kappa shape index (κ1) is 18.8. The molecule has 1 saturated heterocycles. The fourth-order valence-electron chi connectivity index (χ4n) is 2.86. The Morgan fingerprint density at radius 3 is 2.89 bits per heavy atom. The van der Waals surface area contributed by atoms with Crippen molar-refractivity contribution in [2.75, 3.05) is 11.5 Å². The largest absolute Gasteiger partial charge is 0.455 e. The van der Waals surface area contributed by atoms with E-state index in [0.29, 0.717) is 23.5 Å². The summed E-state index contributed by atoms with van der Waals surface area (Å²) >= 11 is 0. The predicted octanol–water partition coefficient (Wildman–Crippen LogP) is 2.13. The van der Waals surface area contributed by atoms with Crippen molar-refractivity contribution in [2.45, 2.75) is 12.8 Å². The molecule has 142 valence electrons. The number of benzene rings is 1. The Bertz CT molecular complexity index is 996. The van der Waals surface area contributed by atoms with Gasteiger partial charge in [0, 0.05) is 24.1 Å². The van der Waals surface area contributed by atoms with E-state index in [1.165, 1.54) is 18.3 Å². The Labute approximate surface area is 155 Å². The molecular weight excluding hydrogens is 374 g/mol. The molecule has 3 rings (SSSR count). The number of furan rings is 1. The maximum Gasteiger partial charge on any atom is 0.270 e. The van der Waals surface area contributed by atoms with Crippen molar-refractivity contribution in [1.29, 1.82) is 0 Å². The Hall–Kier alpha value is -3.01. The SMILES string of the molecule is O=C(C[C@@H]1CCS(=O)(=O)C1)N/N=C\c1ccc(-c2cccc([N+](=O)[O-])c2)o1. The first-order valence-corrected chi connectivity index (χ1v) is 10.0. The molecule has 0 radical (unpaired) electrons. The van der Waals surface area contributed by atoms with Crippen LogP contribution >= 0.6 is 0 Å². The maximum atomic E-state index is 11.8. The Kier molecular flexibility index (Phi) is 5.36. The Balaban J connectivity index is 1.57. The Morgan fingerprint density at radius 1 is 1.37 bits per heavy atom. The molecule has 1 aliphatic rings. The average Bonchev–Trinajstić information content (AvgIpc) is 3.21. The average molecular weight is 391 g/mol. The fourth-order valence-corrected chi connectivity index (χ4v) is 4.72. The molecule has 2 aromatic rings. The van der Waals surface area contributed by atoms with E-state index in [4.69, 9.17) is 4.42 Å². The second-order valence-corrected chi connectivity index (χ2v) is 8.50. The van der Waals surface area contributed by atoms with E-state index in [1.807, 2.05) is 0 Å². The lowest BCUT2D eigenvalue weighted by Crippen LogP contribution is -2.21. The summed E-state index contributed by atoms with van der Waals surface area (Å²) in [7, 11) is -3.01. The number of non-ortho nitro benzene ring substituents is 1. The molecule has 27 heavy (non-hydrogen) atoms. The van der Waals surface area contributed by atoms with Gasteiger partial charge in [-0.1, -0.05) is 12.1 Å². The summed E-state index contributed by atoms with van der Waals surface area (Å²) in [5.74, 6) is 0.423. The highest BCUT2D eigenvalue weighted by Crippen LogP contribution is 2.25. The molecule has 1 amide bonds. The number of nitro benzene ring substituents is 1. The topological polar surface area (TPSA) is 132 Å². The Morgan fingerprint density at radius 2 is 2.19 bits per heavy atom. The van der Waals surface area contributed by atoms with Crippen molar-refractivity contribution >= 4 is 27.6 Å². The number of hydrogen-bond acceptors (Lipinski definition) is 7. The lowest BCUT2D eigenvalue weighted by Gasteiger charge is -2.04. The molecule has 1 aliphatic heterocycles. The van der Waals surface area contributed by atoms with E-state index in [1.54, 1.807) is 24.3 Å². The molecule has 9 nitrogen and oxygen atoms in total. The molecule has 0 aliphatic carbocycles. The van der Waals surface area contributed by atoms with Crippen LogP contribution in [0, 0.1) is 16.0 Å². The first-order chi connectivity index (χ1) is 12.8. The van der Waals surface area contributed by atoms with Gasteiger partial charge in [-0.25, -0.2) is 13.8 Å². The quantitative estimate of drug-likeness (QED) is 0.456. The summed E-state index contributed by atoms with van der Waals surface area (Å²) in [6.45, 7) is 0. The first-order valence-electron chi connectivity index (χ1n) is 8.19. The van der Waals surface area contributed by atoms with Crippen molar-refractivity contribution in [2.24, 2.45) is 11.0 Å². The summed E-state index contributed by atoms with van der Waals surface area (Å²) in [6, 6.07) is 9.30. The normalized spacial score (nSPS) is 18.6. The van der Waals surface area contributed by atoms with Crippen LogP contribution in [-0.4, -0.2) is 37.0 Å². The van der Waals surface area contributed by atoms with E-state index in [2.05, 4.69) is 10.5 Å². The monoisotopic (exact) mass is 391 g/mol. The van der Waals surface area contributed by atoms with E-state index < -0.39 is 14.8 Å². The number of nitrogens with one attached hydrogen (secondary N) is 1. The maximum absolute atomic E-state index is 11.8. The van der Waals surface area contributed by atoms with Gasteiger partial charge in [-0.2, -0.15) is 5.10 Å². The van der Waals surface area contributed by atoms with Gasteiger partial charge in [0.05, 0.1) is 22.6 Å². The van der Waals surface area contributed by atoms with Gasteiger partial charge in [0.15, 0.2) is 9.84 Å². The predicted molar refractivity (Wildman–Crippen MR) is 97.9 cm³/mol. The van der Waals surface area contributed by atoms with Crippen molar-refractivity contribution < 1.29 is 22.6 Å². The summed E-state index contributed by atoms with van der Waals surface area (Å²) in [5, 5.41) is 14.6. The minimum absolute atomic E-state index is 0.0366. The minimum atomic E-state index is -3.01. The summed E-state index contributed by atoms with van der Waals surface area (Å²) in [5.41, 5.74) is 2.85. The van der Waals surface area contributed by atoms with Crippen molar-refractivity contribution in [1.82, 2.24) is 5.43 Å². The number of nitrogens with zero attached hydrogens (tertiary/aromatic N) is 2. The number of nitro groups is 1. The lowest BCUT2D eigenvalue weighted by atomic mass is 10.1. The van der Waals surface area contributed by atoms with Gasteiger partial charge in [0.1, 0.15) is 11.5 Å². The highest BCUT2D eigenvalue weighted by Gasteiger charge is 2.29. The van der Waals surface area contributed by atoms with E-state index in [-0.39, 0.29) is 35.4 Å². The molecule has 2 heterocycles. The van der Waals surface area contributed by atoms with Crippen LogP contribution < -0.4 is 5.43 Å². The van der Waals surface area contributed by atoms with Crippen molar-refractivity contribution in [3.05, 3.63) is 52.3 Å². The number of rotatable bonds is 6. The lowest BCUT2D eigenvalue weighted by molar-refractivity contribution is -0.384. The summed E-state index contributed by atoms with van der Waals surface area (Å²) in [6.07, 6.45) is 1.90. The molecular formula is C17H17N3O6S. The summed E-state index contributed by atoms with van der Waals surface area (Å²) < 4.78 is 28.3. The van der Waals surface area contributed by atoms with Crippen molar-refractivity contribution in [3.63, 3.8) is 0 Å². The van der Waals surface area contributed by atoms with Gasteiger partial charge >= 0.3 is 0 Å². The van der Waals surface area contributed by atoms with Crippen LogP contribution in [0.2, 0.25) is 0 Å². The van der Waals surface area contributed by atoms with Crippen LogP contribution in [-0.2, 0) is 14.6 Å². The second kappa shape index (κ2) is 7.70.